The standard InChI is InChI=1S/C13H12O3/c1-16-12(15)13(9-5-8-11(13)14)10-6-3-2-4-7-10/h2-8H,9H2,1H3/t13-/m0/s1. The van der Waals surface area contributed by atoms with Crippen molar-refractivity contribution >= 4 is 11.8 Å². The van der Waals surface area contributed by atoms with Crippen LogP contribution in [0.15, 0.2) is 42.5 Å². The molecule has 0 N–H and O–H groups in total. The molecule has 1 aromatic carbocycles. The third-order valence-electron chi connectivity index (χ3n) is 2.91. The van der Waals surface area contributed by atoms with Gasteiger partial charge in [-0.15, -0.1) is 0 Å². The number of benzene rings is 1. The van der Waals surface area contributed by atoms with Gasteiger partial charge in [-0.2, -0.15) is 0 Å². The van der Waals surface area contributed by atoms with Crippen molar-refractivity contribution in [1.82, 2.24) is 0 Å². The lowest BCUT2D eigenvalue weighted by atomic mass is 9.77. The van der Waals surface area contributed by atoms with Crippen LogP contribution in [0.4, 0.5) is 0 Å². The number of hydrogen-bond acceptors (Lipinski definition) is 3. The average Bonchev–Trinajstić information content (AvgIpc) is 2.72. The summed E-state index contributed by atoms with van der Waals surface area (Å²) < 4.78 is 4.76. The Balaban J connectivity index is 2.53. The molecule has 2 rings (SSSR count). The molecule has 0 saturated carbocycles. The zero-order chi connectivity index (χ0) is 11.6. The second-order valence-corrected chi connectivity index (χ2v) is 3.73. The molecule has 1 aromatic rings. The van der Waals surface area contributed by atoms with Crippen molar-refractivity contribution in [1.29, 1.82) is 0 Å². The van der Waals surface area contributed by atoms with Gasteiger partial charge in [0.15, 0.2) is 11.2 Å². The normalized spacial score (nSPS) is 23.4. The highest BCUT2D eigenvalue weighted by atomic mass is 16.5. The Morgan fingerprint density at radius 3 is 2.50 bits per heavy atom. The fourth-order valence-electron chi connectivity index (χ4n) is 2.04. The van der Waals surface area contributed by atoms with Crippen molar-refractivity contribution in [3.05, 3.63) is 48.0 Å². The molecule has 0 saturated heterocycles. The van der Waals surface area contributed by atoms with E-state index in [9.17, 15) is 9.59 Å². The molecule has 0 amide bonds. The number of ketones is 1. The monoisotopic (exact) mass is 216 g/mol. The second-order valence-electron chi connectivity index (χ2n) is 3.73. The molecule has 16 heavy (non-hydrogen) atoms. The summed E-state index contributed by atoms with van der Waals surface area (Å²) in [5.74, 6) is -0.695. The van der Waals surface area contributed by atoms with Crippen LogP contribution in [0.5, 0.6) is 0 Å². The van der Waals surface area contributed by atoms with Crippen LogP contribution in [-0.4, -0.2) is 18.9 Å². The maximum atomic E-state index is 11.9. The van der Waals surface area contributed by atoms with Crippen LogP contribution < -0.4 is 0 Å². The minimum absolute atomic E-state index is 0.203. The van der Waals surface area contributed by atoms with E-state index >= 15 is 0 Å². The molecule has 0 fully saturated rings. The zero-order valence-electron chi connectivity index (χ0n) is 8.97. The molecule has 0 spiro atoms. The number of allylic oxidation sites excluding steroid dienone is 2. The van der Waals surface area contributed by atoms with Crippen molar-refractivity contribution in [2.45, 2.75) is 11.8 Å². The van der Waals surface area contributed by atoms with Gasteiger partial charge >= 0.3 is 5.97 Å². The van der Waals surface area contributed by atoms with Crippen molar-refractivity contribution < 1.29 is 14.3 Å². The highest BCUT2D eigenvalue weighted by molar-refractivity contribution is 6.16. The average molecular weight is 216 g/mol. The third kappa shape index (κ3) is 1.36. The van der Waals surface area contributed by atoms with Crippen LogP contribution in [0, 0.1) is 0 Å². The zero-order valence-corrected chi connectivity index (χ0v) is 8.97. The lowest BCUT2D eigenvalue weighted by Crippen LogP contribution is -2.41. The molecule has 1 aliphatic carbocycles. The smallest absolute Gasteiger partial charge is 0.324 e. The van der Waals surface area contributed by atoms with Crippen LogP contribution in [0.3, 0.4) is 0 Å². The Morgan fingerprint density at radius 1 is 1.31 bits per heavy atom. The summed E-state index contributed by atoms with van der Waals surface area (Å²) in [7, 11) is 1.30. The predicted molar refractivity (Wildman–Crippen MR) is 58.9 cm³/mol. The van der Waals surface area contributed by atoms with E-state index in [1.54, 1.807) is 18.2 Å². The van der Waals surface area contributed by atoms with Crippen LogP contribution >= 0.6 is 0 Å². The van der Waals surface area contributed by atoms with Crippen LogP contribution in [-0.2, 0) is 19.7 Å². The molecule has 1 aliphatic rings. The summed E-state index contributed by atoms with van der Waals surface area (Å²) >= 11 is 0. The summed E-state index contributed by atoms with van der Waals surface area (Å²) in [6.07, 6.45) is 3.54. The van der Waals surface area contributed by atoms with Gasteiger partial charge in [0.1, 0.15) is 0 Å². The molecule has 0 unspecified atom stereocenters. The maximum Gasteiger partial charge on any atom is 0.324 e. The van der Waals surface area contributed by atoms with Crippen molar-refractivity contribution in [2.24, 2.45) is 0 Å². The molecule has 3 nitrogen and oxygen atoms in total. The highest BCUT2D eigenvalue weighted by Gasteiger charge is 2.48. The molecule has 1 atom stereocenters. The van der Waals surface area contributed by atoms with E-state index in [2.05, 4.69) is 0 Å². The number of carbonyl (C=O) groups excluding carboxylic acids is 2. The molecule has 82 valence electrons. The van der Waals surface area contributed by atoms with Crippen molar-refractivity contribution in [3.8, 4) is 0 Å². The van der Waals surface area contributed by atoms with Gasteiger partial charge in [0.05, 0.1) is 7.11 Å². The summed E-state index contributed by atoms with van der Waals surface area (Å²) in [4.78, 5) is 23.8. The number of ether oxygens (including phenoxy) is 1. The van der Waals surface area contributed by atoms with E-state index in [4.69, 9.17) is 4.74 Å². The quantitative estimate of drug-likeness (QED) is 0.557. The van der Waals surface area contributed by atoms with Crippen LogP contribution in [0.25, 0.3) is 0 Å². The van der Waals surface area contributed by atoms with E-state index in [-0.39, 0.29) is 5.78 Å². The summed E-state index contributed by atoms with van der Waals surface area (Å²) in [5.41, 5.74) is -0.465. The lowest BCUT2D eigenvalue weighted by molar-refractivity contribution is -0.150. The largest absolute Gasteiger partial charge is 0.468 e. The molecular weight excluding hydrogens is 204 g/mol. The first kappa shape index (κ1) is 10.6. The topological polar surface area (TPSA) is 43.4 Å². The van der Waals surface area contributed by atoms with Gasteiger partial charge in [-0.1, -0.05) is 36.4 Å². The molecule has 0 aromatic heterocycles. The summed E-state index contributed by atoms with van der Waals surface area (Å²) in [5, 5.41) is 0. The minimum atomic E-state index is -1.16. The van der Waals surface area contributed by atoms with Gasteiger partial charge < -0.3 is 4.74 Å². The summed E-state index contributed by atoms with van der Waals surface area (Å²) in [6, 6.07) is 9.03. The minimum Gasteiger partial charge on any atom is -0.468 e. The van der Waals surface area contributed by atoms with E-state index < -0.39 is 11.4 Å². The van der Waals surface area contributed by atoms with Crippen LogP contribution in [0.2, 0.25) is 0 Å². The van der Waals surface area contributed by atoms with Gasteiger partial charge in [-0.05, 0) is 18.1 Å². The first-order valence-electron chi connectivity index (χ1n) is 5.07. The number of methoxy groups -OCH3 is 1. The fourth-order valence-corrected chi connectivity index (χ4v) is 2.04. The van der Waals surface area contributed by atoms with Gasteiger partial charge in [0, 0.05) is 0 Å². The van der Waals surface area contributed by atoms with E-state index in [0.29, 0.717) is 12.0 Å². The number of hydrogen-bond donors (Lipinski definition) is 0. The second kappa shape index (κ2) is 3.93. The van der Waals surface area contributed by atoms with Crippen molar-refractivity contribution in [3.63, 3.8) is 0 Å². The van der Waals surface area contributed by atoms with Crippen molar-refractivity contribution in [2.75, 3.05) is 7.11 Å². The Morgan fingerprint density at radius 2 is 2.00 bits per heavy atom. The lowest BCUT2D eigenvalue weighted by Gasteiger charge is -2.24. The third-order valence-corrected chi connectivity index (χ3v) is 2.91. The van der Waals surface area contributed by atoms with E-state index in [1.165, 1.54) is 13.2 Å². The molecule has 0 radical (unpaired) electrons. The van der Waals surface area contributed by atoms with Crippen LogP contribution in [0.1, 0.15) is 12.0 Å². The number of carbonyl (C=O) groups is 2. The predicted octanol–water partition coefficient (Wildman–Crippen LogP) is 1.63. The molecule has 0 aliphatic heterocycles. The highest BCUT2D eigenvalue weighted by Crippen LogP contribution is 2.35. The van der Waals surface area contributed by atoms with Gasteiger partial charge in [0.2, 0.25) is 0 Å². The maximum absolute atomic E-state index is 11.9. The van der Waals surface area contributed by atoms with E-state index in [0.717, 1.165) is 0 Å². The Kier molecular flexibility index (Phi) is 2.60. The Bertz CT molecular complexity index is 448. The molecule has 3 heteroatoms. The number of rotatable bonds is 2. The van der Waals surface area contributed by atoms with Gasteiger partial charge in [0.25, 0.3) is 0 Å². The molecular formula is C13H12O3. The first-order valence-corrected chi connectivity index (χ1v) is 5.07. The Labute approximate surface area is 93.7 Å². The SMILES string of the molecule is COC(=O)[C@]1(c2ccccc2)CC=CC1=O. The first-order chi connectivity index (χ1) is 7.71. The molecule has 0 bridgehead atoms. The Hall–Kier alpha value is -1.90. The van der Waals surface area contributed by atoms with Gasteiger partial charge in [-0.25, -0.2) is 0 Å². The van der Waals surface area contributed by atoms with Gasteiger partial charge in [-0.3, -0.25) is 9.59 Å². The summed E-state index contributed by atoms with van der Waals surface area (Å²) in [6.45, 7) is 0. The number of esters is 1. The van der Waals surface area contributed by atoms with E-state index in [1.807, 2.05) is 18.2 Å². The fraction of sp³-hybridized carbons (Fsp3) is 0.231. The molecule has 0 heterocycles.